The van der Waals surface area contributed by atoms with E-state index in [1.54, 1.807) is 17.8 Å². The maximum atomic E-state index is 13.3. The van der Waals surface area contributed by atoms with Crippen molar-refractivity contribution in [3.05, 3.63) is 33.7 Å². The van der Waals surface area contributed by atoms with E-state index in [1.165, 1.54) is 4.57 Å². The lowest BCUT2D eigenvalue weighted by Gasteiger charge is -2.39. The Hall–Kier alpha value is -2.56. The fourth-order valence-corrected chi connectivity index (χ4v) is 5.13. The monoisotopic (exact) mass is 476 g/mol. The summed E-state index contributed by atoms with van der Waals surface area (Å²) in [6, 6.07) is 3.62. The number of ether oxygens (including phenoxy) is 1. The van der Waals surface area contributed by atoms with Gasteiger partial charge in [0.1, 0.15) is 4.90 Å². The highest BCUT2D eigenvalue weighted by molar-refractivity contribution is 7.99. The molecule has 2 aromatic heterocycles. The average Bonchev–Trinajstić information content (AvgIpc) is 3.17. The van der Waals surface area contributed by atoms with E-state index in [1.807, 2.05) is 24.2 Å². The molecule has 170 valence electrons. The number of halogens is 1. The number of piperidine rings is 1. The second kappa shape index (κ2) is 8.76. The molecule has 3 heterocycles. The number of benzene rings is 1. The molecule has 2 N–H and O–H groups in total. The summed E-state index contributed by atoms with van der Waals surface area (Å²) in [7, 11) is 3.48. The van der Waals surface area contributed by atoms with E-state index in [-0.39, 0.29) is 28.2 Å². The summed E-state index contributed by atoms with van der Waals surface area (Å²) in [6.45, 7) is 4.49. The first-order valence-electron chi connectivity index (χ1n) is 10.2. The molecule has 0 saturated carbocycles. The summed E-state index contributed by atoms with van der Waals surface area (Å²) in [4.78, 5) is 31.9. The fourth-order valence-electron chi connectivity index (χ4n) is 3.84. The van der Waals surface area contributed by atoms with Crippen molar-refractivity contribution >= 4 is 46.7 Å². The van der Waals surface area contributed by atoms with E-state index in [9.17, 15) is 9.59 Å². The van der Waals surface area contributed by atoms with Gasteiger partial charge in [0, 0.05) is 43.7 Å². The summed E-state index contributed by atoms with van der Waals surface area (Å²) < 4.78 is 8.30. The maximum absolute atomic E-state index is 13.3. The first-order valence-corrected chi connectivity index (χ1v) is 11.4. The Labute approximate surface area is 194 Å². The Morgan fingerprint density at radius 1 is 1.31 bits per heavy atom. The number of carbonyl (C=O) groups is 1. The average molecular weight is 477 g/mol. The Morgan fingerprint density at radius 2 is 2.03 bits per heavy atom. The van der Waals surface area contributed by atoms with Crippen molar-refractivity contribution in [2.75, 3.05) is 24.5 Å². The summed E-state index contributed by atoms with van der Waals surface area (Å²) in [5.74, 6) is 0.432. The number of anilines is 1. The van der Waals surface area contributed by atoms with Crippen molar-refractivity contribution in [1.82, 2.24) is 19.3 Å². The second-order valence-corrected chi connectivity index (χ2v) is 9.77. The smallest absolute Gasteiger partial charge is 0.299 e. The second-order valence-electron chi connectivity index (χ2n) is 8.34. The van der Waals surface area contributed by atoms with Crippen LogP contribution in [0.3, 0.4) is 0 Å². The minimum absolute atomic E-state index is 0.0300. The first-order chi connectivity index (χ1) is 15.3. The van der Waals surface area contributed by atoms with Crippen LogP contribution in [-0.2, 0) is 18.9 Å². The minimum atomic E-state index is -0.314. The van der Waals surface area contributed by atoms with E-state index in [2.05, 4.69) is 17.0 Å². The first kappa shape index (κ1) is 22.6. The lowest BCUT2D eigenvalue weighted by molar-refractivity contribution is -0.121. The summed E-state index contributed by atoms with van der Waals surface area (Å²) in [5.41, 5.74) is 6.43. The highest BCUT2D eigenvalue weighted by Crippen LogP contribution is 2.39. The standard InChI is InChI=1S/C21H25ClN6O3S/c1-21(11-23)6-8-28(9-7-21)20-24-18(31-12-29)17(19(30)27(20)3)32-15-5-4-14-13(16(15)22)10-26(2)25-14/h4-5,10,12H,6-9,11,23H2,1-3H3. The molecule has 0 atom stereocenters. The molecule has 0 radical (unpaired) electrons. The van der Waals surface area contributed by atoms with E-state index >= 15 is 0 Å². The summed E-state index contributed by atoms with van der Waals surface area (Å²) in [6.07, 6.45) is 3.59. The Balaban J connectivity index is 1.72. The molecule has 0 spiro atoms. The molecular formula is C21H25ClN6O3S. The molecule has 1 aromatic carbocycles. The van der Waals surface area contributed by atoms with Crippen LogP contribution in [0.5, 0.6) is 5.88 Å². The normalized spacial score (nSPS) is 15.8. The van der Waals surface area contributed by atoms with Crippen LogP contribution in [0.25, 0.3) is 10.9 Å². The molecule has 1 aliphatic heterocycles. The van der Waals surface area contributed by atoms with Gasteiger partial charge in [0.15, 0.2) is 0 Å². The van der Waals surface area contributed by atoms with Gasteiger partial charge >= 0.3 is 0 Å². The molecule has 1 fully saturated rings. The van der Waals surface area contributed by atoms with Crippen LogP contribution in [0.1, 0.15) is 19.8 Å². The van der Waals surface area contributed by atoms with Crippen LogP contribution >= 0.6 is 23.4 Å². The molecule has 3 aromatic rings. The largest absolute Gasteiger partial charge is 0.408 e. The molecule has 4 rings (SSSR count). The van der Waals surface area contributed by atoms with Gasteiger partial charge < -0.3 is 15.4 Å². The number of nitrogens with two attached hydrogens (primary N) is 1. The predicted octanol–water partition coefficient (Wildman–Crippen LogP) is 2.57. The van der Waals surface area contributed by atoms with Gasteiger partial charge in [0.2, 0.25) is 11.8 Å². The maximum Gasteiger partial charge on any atom is 0.299 e. The number of fused-ring (bicyclic) bond motifs is 1. The summed E-state index contributed by atoms with van der Waals surface area (Å²) >= 11 is 7.71. The fraction of sp³-hybridized carbons (Fsp3) is 0.429. The number of nitrogens with zero attached hydrogens (tertiary/aromatic N) is 5. The molecule has 1 saturated heterocycles. The number of aryl methyl sites for hydroxylation is 1. The number of carbonyl (C=O) groups excluding carboxylic acids is 1. The number of hydrogen-bond donors (Lipinski definition) is 1. The highest BCUT2D eigenvalue weighted by atomic mass is 35.5. The van der Waals surface area contributed by atoms with Crippen molar-refractivity contribution in [2.24, 2.45) is 25.2 Å². The number of hydrogen-bond acceptors (Lipinski definition) is 8. The van der Waals surface area contributed by atoms with Crippen molar-refractivity contribution in [3.8, 4) is 5.88 Å². The van der Waals surface area contributed by atoms with Crippen molar-refractivity contribution in [1.29, 1.82) is 0 Å². The molecule has 0 aliphatic carbocycles. The van der Waals surface area contributed by atoms with Crippen LogP contribution in [0.2, 0.25) is 5.02 Å². The van der Waals surface area contributed by atoms with Gasteiger partial charge in [-0.15, -0.1) is 0 Å². The Kier molecular flexibility index (Phi) is 6.19. The van der Waals surface area contributed by atoms with Gasteiger partial charge in [-0.05, 0) is 36.9 Å². The Morgan fingerprint density at radius 3 is 2.69 bits per heavy atom. The van der Waals surface area contributed by atoms with Gasteiger partial charge in [-0.1, -0.05) is 30.3 Å². The van der Waals surface area contributed by atoms with Crippen LogP contribution in [0.15, 0.2) is 32.9 Å². The zero-order valence-electron chi connectivity index (χ0n) is 18.2. The van der Waals surface area contributed by atoms with Crippen LogP contribution in [0.4, 0.5) is 5.95 Å². The molecule has 32 heavy (non-hydrogen) atoms. The lowest BCUT2D eigenvalue weighted by Crippen LogP contribution is -2.44. The lowest BCUT2D eigenvalue weighted by atomic mass is 9.81. The summed E-state index contributed by atoms with van der Waals surface area (Å²) in [5, 5.41) is 5.59. The molecule has 1 aliphatic rings. The van der Waals surface area contributed by atoms with Gasteiger partial charge in [-0.3, -0.25) is 18.8 Å². The van der Waals surface area contributed by atoms with Gasteiger partial charge in [0.25, 0.3) is 12.0 Å². The molecule has 0 amide bonds. The SMILES string of the molecule is Cn1cc2c(Cl)c(Sc3c(OC=O)nc(N4CCC(C)(CN)CC4)n(C)c3=O)ccc2n1. The third-order valence-corrected chi connectivity index (χ3v) is 7.65. The minimum Gasteiger partial charge on any atom is -0.408 e. The van der Waals surface area contributed by atoms with E-state index < -0.39 is 0 Å². The topological polar surface area (TPSA) is 108 Å². The van der Waals surface area contributed by atoms with Gasteiger partial charge in [0.05, 0.1) is 10.5 Å². The zero-order valence-corrected chi connectivity index (χ0v) is 19.7. The van der Waals surface area contributed by atoms with Crippen molar-refractivity contribution < 1.29 is 9.53 Å². The molecule has 0 bridgehead atoms. The molecular weight excluding hydrogens is 452 g/mol. The van der Waals surface area contributed by atoms with Crippen LogP contribution in [-0.4, -0.2) is 45.4 Å². The predicted molar refractivity (Wildman–Crippen MR) is 125 cm³/mol. The zero-order chi connectivity index (χ0) is 23.0. The molecule has 0 unspecified atom stereocenters. The third-order valence-electron chi connectivity index (χ3n) is 6.02. The van der Waals surface area contributed by atoms with Crippen LogP contribution in [0, 0.1) is 5.41 Å². The molecule has 11 heteroatoms. The highest BCUT2D eigenvalue weighted by Gasteiger charge is 2.31. The van der Waals surface area contributed by atoms with E-state index in [4.69, 9.17) is 22.1 Å². The van der Waals surface area contributed by atoms with Gasteiger partial charge in [-0.2, -0.15) is 10.1 Å². The third kappa shape index (κ3) is 4.10. The van der Waals surface area contributed by atoms with Gasteiger partial charge in [-0.25, -0.2) is 0 Å². The number of rotatable bonds is 6. The van der Waals surface area contributed by atoms with Crippen molar-refractivity contribution in [3.63, 3.8) is 0 Å². The van der Waals surface area contributed by atoms with E-state index in [0.29, 0.717) is 35.5 Å². The number of aromatic nitrogens is 4. The van der Waals surface area contributed by atoms with E-state index in [0.717, 1.165) is 35.5 Å². The quantitative estimate of drug-likeness (QED) is 0.541. The van der Waals surface area contributed by atoms with Crippen LogP contribution < -0.4 is 20.9 Å². The Bertz CT molecular complexity index is 1230. The van der Waals surface area contributed by atoms with Crippen molar-refractivity contribution in [2.45, 2.75) is 29.6 Å². The molecule has 9 nitrogen and oxygen atoms in total.